The number of hydrogen-bond donors (Lipinski definition) is 2. The maximum Gasteiger partial charge on any atom is 0.307 e. The smallest absolute Gasteiger partial charge is 0.307 e. The van der Waals surface area contributed by atoms with Crippen molar-refractivity contribution >= 4 is 39.2 Å². The zero-order valence-corrected chi connectivity index (χ0v) is 16.1. The van der Waals surface area contributed by atoms with Crippen LogP contribution in [-0.2, 0) is 29.1 Å². The maximum absolute atomic E-state index is 12.4. The van der Waals surface area contributed by atoms with Gasteiger partial charge < -0.3 is 10.1 Å². The predicted molar refractivity (Wildman–Crippen MR) is 105 cm³/mol. The normalized spacial score (nSPS) is 13.4. The second kappa shape index (κ2) is 8.84. The summed E-state index contributed by atoms with van der Waals surface area (Å²) in [6, 6.07) is 14.5. The van der Waals surface area contributed by atoms with Crippen LogP contribution in [0, 0.1) is 0 Å². The molecule has 10 heteroatoms. The van der Waals surface area contributed by atoms with E-state index in [0.717, 1.165) is 0 Å². The van der Waals surface area contributed by atoms with Gasteiger partial charge in [-0.1, -0.05) is 30.3 Å². The lowest BCUT2D eigenvalue weighted by molar-refractivity contribution is -0.147. The summed E-state index contributed by atoms with van der Waals surface area (Å²) in [7, 11) is -3.72. The van der Waals surface area contributed by atoms with Crippen molar-refractivity contribution in [3.05, 3.63) is 54.6 Å². The van der Waals surface area contributed by atoms with E-state index in [0.29, 0.717) is 11.4 Å². The molecule has 2 aromatic carbocycles. The largest absolute Gasteiger partial charge is 0.456 e. The number of benzene rings is 2. The Balaban J connectivity index is 1.49. The molecule has 0 aliphatic carbocycles. The molecule has 1 heterocycles. The first kappa shape index (κ1) is 20.5. The van der Waals surface area contributed by atoms with Gasteiger partial charge in [-0.2, -0.15) is 0 Å². The topological polar surface area (TPSA) is 122 Å². The van der Waals surface area contributed by atoms with Gasteiger partial charge in [0.2, 0.25) is 15.9 Å². The molecular formula is C19H19N3O6S. The van der Waals surface area contributed by atoms with E-state index in [9.17, 15) is 22.8 Å². The third kappa shape index (κ3) is 5.18. The minimum atomic E-state index is -3.72. The fourth-order valence-corrected chi connectivity index (χ4v) is 3.77. The van der Waals surface area contributed by atoms with Crippen molar-refractivity contribution < 1.29 is 27.5 Å². The second-order valence-corrected chi connectivity index (χ2v) is 7.93. The first-order valence-corrected chi connectivity index (χ1v) is 10.2. The van der Waals surface area contributed by atoms with Crippen molar-refractivity contribution in [3.63, 3.8) is 0 Å². The number of hydrogen-bond acceptors (Lipinski definition) is 6. The summed E-state index contributed by atoms with van der Waals surface area (Å²) >= 11 is 0. The van der Waals surface area contributed by atoms with Crippen LogP contribution < -0.4 is 14.9 Å². The lowest BCUT2D eigenvalue weighted by Crippen LogP contribution is -2.44. The molecule has 0 bridgehead atoms. The molecule has 9 nitrogen and oxygen atoms in total. The summed E-state index contributed by atoms with van der Waals surface area (Å²) in [5.74, 6) is -1.63. The number of nitrogens with zero attached hydrogens (tertiary/aromatic N) is 1. The van der Waals surface area contributed by atoms with Crippen molar-refractivity contribution in [1.29, 1.82) is 0 Å². The number of carbonyl (C=O) groups is 3. The van der Waals surface area contributed by atoms with Crippen LogP contribution in [0.4, 0.5) is 11.4 Å². The van der Waals surface area contributed by atoms with Gasteiger partial charge in [0.15, 0.2) is 6.61 Å². The van der Waals surface area contributed by atoms with Crippen LogP contribution in [0.2, 0.25) is 0 Å². The summed E-state index contributed by atoms with van der Waals surface area (Å²) in [5, 5.41) is 2.66. The molecule has 1 aliphatic rings. The number of esters is 1. The van der Waals surface area contributed by atoms with Crippen LogP contribution in [-0.4, -0.2) is 45.9 Å². The molecule has 1 aliphatic heterocycles. The van der Waals surface area contributed by atoms with E-state index in [-0.39, 0.29) is 30.3 Å². The van der Waals surface area contributed by atoms with Gasteiger partial charge in [0, 0.05) is 6.54 Å². The zero-order chi connectivity index (χ0) is 20.9. The SMILES string of the molecule is O=C1CN(C(=O)COC(=O)CCNS(=O)(=O)c2ccccc2)c2ccccc2N1. The Morgan fingerprint density at radius 2 is 1.76 bits per heavy atom. The molecule has 0 atom stereocenters. The van der Waals surface area contributed by atoms with Crippen LogP contribution in [0.1, 0.15) is 6.42 Å². The molecule has 0 radical (unpaired) electrons. The number of amides is 2. The molecule has 3 rings (SSSR count). The quantitative estimate of drug-likeness (QED) is 0.645. The summed E-state index contributed by atoms with van der Waals surface area (Å²) in [6.07, 6.45) is -0.240. The van der Waals surface area contributed by atoms with Gasteiger partial charge in [0.1, 0.15) is 6.54 Å². The van der Waals surface area contributed by atoms with Gasteiger partial charge in [-0.25, -0.2) is 13.1 Å². The van der Waals surface area contributed by atoms with Gasteiger partial charge >= 0.3 is 5.97 Å². The molecule has 29 heavy (non-hydrogen) atoms. The Morgan fingerprint density at radius 1 is 1.07 bits per heavy atom. The van der Waals surface area contributed by atoms with Crippen molar-refractivity contribution in [2.24, 2.45) is 0 Å². The zero-order valence-electron chi connectivity index (χ0n) is 15.3. The molecule has 0 saturated heterocycles. The standard InChI is InChI=1S/C19H19N3O6S/c23-17-12-22(16-9-5-4-8-15(16)21-17)18(24)13-28-19(25)10-11-20-29(26,27)14-6-2-1-3-7-14/h1-9,20H,10-13H2,(H,21,23). The molecule has 0 aromatic heterocycles. The fraction of sp³-hybridized carbons (Fsp3) is 0.211. The second-order valence-electron chi connectivity index (χ2n) is 6.17. The molecule has 2 N–H and O–H groups in total. The lowest BCUT2D eigenvalue weighted by Gasteiger charge is -2.28. The molecule has 0 unspecified atom stereocenters. The van der Waals surface area contributed by atoms with Crippen LogP contribution in [0.3, 0.4) is 0 Å². The number of rotatable bonds is 7. The number of sulfonamides is 1. The highest BCUT2D eigenvalue weighted by atomic mass is 32.2. The predicted octanol–water partition coefficient (Wildman–Crippen LogP) is 0.883. The van der Waals surface area contributed by atoms with E-state index in [1.54, 1.807) is 42.5 Å². The van der Waals surface area contributed by atoms with Gasteiger partial charge in [-0.3, -0.25) is 19.3 Å². The van der Waals surface area contributed by atoms with Crippen LogP contribution >= 0.6 is 0 Å². The monoisotopic (exact) mass is 417 g/mol. The third-order valence-corrected chi connectivity index (χ3v) is 5.58. The van der Waals surface area contributed by atoms with Crippen molar-refractivity contribution in [3.8, 4) is 0 Å². The Hall–Kier alpha value is -3.24. The molecule has 0 saturated carbocycles. The maximum atomic E-state index is 12.4. The van der Waals surface area contributed by atoms with Crippen molar-refractivity contribution in [2.45, 2.75) is 11.3 Å². The molecule has 0 spiro atoms. The first-order chi connectivity index (χ1) is 13.9. The van der Waals surface area contributed by atoms with Crippen LogP contribution in [0.15, 0.2) is 59.5 Å². The van der Waals surface area contributed by atoms with E-state index in [2.05, 4.69) is 10.0 Å². The molecule has 2 amide bonds. The van der Waals surface area contributed by atoms with Crippen LogP contribution in [0.5, 0.6) is 0 Å². The average molecular weight is 417 g/mol. The minimum Gasteiger partial charge on any atom is -0.456 e. The van der Waals surface area contributed by atoms with Crippen molar-refractivity contribution in [2.75, 3.05) is 29.9 Å². The Kier molecular flexibility index (Phi) is 6.25. The van der Waals surface area contributed by atoms with E-state index in [1.165, 1.54) is 17.0 Å². The number of anilines is 2. The summed E-state index contributed by atoms with van der Waals surface area (Å²) < 4.78 is 31.4. The van der Waals surface area contributed by atoms with Gasteiger partial charge in [-0.15, -0.1) is 0 Å². The summed E-state index contributed by atoms with van der Waals surface area (Å²) in [5.41, 5.74) is 1.02. The lowest BCUT2D eigenvalue weighted by atomic mass is 10.2. The highest BCUT2D eigenvalue weighted by Crippen LogP contribution is 2.28. The highest BCUT2D eigenvalue weighted by Gasteiger charge is 2.27. The molecule has 2 aromatic rings. The number of nitrogens with one attached hydrogen (secondary N) is 2. The van der Waals surface area contributed by atoms with E-state index < -0.39 is 28.5 Å². The molecule has 152 valence electrons. The number of carbonyl (C=O) groups excluding carboxylic acids is 3. The molecule has 0 fully saturated rings. The van der Waals surface area contributed by atoms with Gasteiger partial charge in [-0.05, 0) is 24.3 Å². The average Bonchev–Trinajstić information content (AvgIpc) is 2.72. The molecular weight excluding hydrogens is 398 g/mol. The third-order valence-electron chi connectivity index (χ3n) is 4.10. The Bertz CT molecular complexity index is 1020. The van der Waals surface area contributed by atoms with Crippen molar-refractivity contribution in [1.82, 2.24) is 4.72 Å². The van der Waals surface area contributed by atoms with E-state index in [1.807, 2.05) is 0 Å². The highest BCUT2D eigenvalue weighted by molar-refractivity contribution is 7.89. The summed E-state index contributed by atoms with van der Waals surface area (Å²) in [4.78, 5) is 37.3. The number of fused-ring (bicyclic) bond motifs is 1. The fourth-order valence-electron chi connectivity index (χ4n) is 2.72. The summed E-state index contributed by atoms with van der Waals surface area (Å²) in [6.45, 7) is -0.893. The van der Waals surface area contributed by atoms with E-state index in [4.69, 9.17) is 4.74 Å². The Labute approximate surface area is 167 Å². The number of ether oxygens (including phenoxy) is 1. The number of para-hydroxylation sites is 2. The van der Waals surface area contributed by atoms with Gasteiger partial charge in [0.05, 0.1) is 22.7 Å². The minimum absolute atomic E-state index is 0.0885. The Morgan fingerprint density at radius 3 is 2.52 bits per heavy atom. The first-order valence-electron chi connectivity index (χ1n) is 8.76. The van der Waals surface area contributed by atoms with Crippen LogP contribution in [0.25, 0.3) is 0 Å². The van der Waals surface area contributed by atoms with Gasteiger partial charge in [0.25, 0.3) is 5.91 Å². The van der Waals surface area contributed by atoms with E-state index >= 15 is 0 Å².